The van der Waals surface area contributed by atoms with Crippen LogP contribution in [-0.4, -0.2) is 41.3 Å². The molecule has 1 unspecified atom stereocenters. The molecule has 1 atom stereocenters. The van der Waals surface area contributed by atoms with Gasteiger partial charge in [0.1, 0.15) is 0 Å². The molecular formula is C19H30N2O2. The summed E-state index contributed by atoms with van der Waals surface area (Å²) in [4.78, 5) is 14.2. The molecule has 2 rings (SSSR count). The first-order valence-corrected chi connectivity index (χ1v) is 8.68. The summed E-state index contributed by atoms with van der Waals surface area (Å²) in [6, 6.07) is 10.5. The first-order valence-electron chi connectivity index (χ1n) is 8.68. The molecule has 4 heteroatoms. The van der Waals surface area contributed by atoms with E-state index < -0.39 is 6.10 Å². The Kier molecular flexibility index (Phi) is 6.05. The van der Waals surface area contributed by atoms with Crippen molar-refractivity contribution in [3.05, 3.63) is 35.9 Å². The van der Waals surface area contributed by atoms with Crippen LogP contribution in [-0.2, 0) is 6.42 Å². The molecule has 2 amide bonds. The topological polar surface area (TPSA) is 52.6 Å². The monoisotopic (exact) mass is 318 g/mol. The van der Waals surface area contributed by atoms with E-state index in [-0.39, 0.29) is 17.5 Å². The molecule has 0 spiro atoms. The van der Waals surface area contributed by atoms with Crippen molar-refractivity contribution >= 4 is 6.03 Å². The molecule has 1 aromatic rings. The number of carbonyl (C=O) groups is 1. The normalized spacial score (nSPS) is 17.4. The third-order valence-electron chi connectivity index (χ3n) is 4.80. The Balaban J connectivity index is 1.93. The van der Waals surface area contributed by atoms with E-state index >= 15 is 0 Å². The van der Waals surface area contributed by atoms with Gasteiger partial charge in [-0.25, -0.2) is 4.79 Å². The molecule has 1 aliphatic carbocycles. The van der Waals surface area contributed by atoms with E-state index in [0.29, 0.717) is 13.1 Å². The lowest BCUT2D eigenvalue weighted by Crippen LogP contribution is -2.51. The Labute approximate surface area is 139 Å². The highest BCUT2D eigenvalue weighted by molar-refractivity contribution is 5.74. The minimum absolute atomic E-state index is 0.0692. The Morgan fingerprint density at radius 3 is 2.39 bits per heavy atom. The number of hydrogen-bond acceptors (Lipinski definition) is 2. The van der Waals surface area contributed by atoms with Gasteiger partial charge >= 0.3 is 6.03 Å². The fourth-order valence-electron chi connectivity index (χ4n) is 3.30. The fourth-order valence-corrected chi connectivity index (χ4v) is 3.30. The van der Waals surface area contributed by atoms with Gasteiger partial charge in [-0.3, -0.25) is 0 Å². The summed E-state index contributed by atoms with van der Waals surface area (Å²) in [6.45, 7) is 6.75. The molecule has 1 saturated carbocycles. The lowest BCUT2D eigenvalue weighted by Gasteiger charge is -2.43. The number of rotatable bonds is 7. The van der Waals surface area contributed by atoms with Gasteiger partial charge in [-0.2, -0.15) is 0 Å². The van der Waals surface area contributed by atoms with Crippen molar-refractivity contribution < 1.29 is 9.90 Å². The van der Waals surface area contributed by atoms with Crippen molar-refractivity contribution in [2.24, 2.45) is 5.41 Å². The van der Waals surface area contributed by atoms with Crippen LogP contribution in [0.5, 0.6) is 0 Å². The van der Waals surface area contributed by atoms with Gasteiger partial charge in [0.25, 0.3) is 0 Å². The Morgan fingerprint density at radius 1 is 1.26 bits per heavy atom. The van der Waals surface area contributed by atoms with Gasteiger partial charge in [-0.05, 0) is 51.0 Å². The van der Waals surface area contributed by atoms with Crippen molar-refractivity contribution in [2.45, 2.75) is 58.6 Å². The lowest BCUT2D eigenvalue weighted by molar-refractivity contribution is 0.104. The predicted octanol–water partition coefficient (Wildman–Crippen LogP) is 3.20. The molecule has 4 nitrogen and oxygen atoms in total. The summed E-state index contributed by atoms with van der Waals surface area (Å²) in [5.41, 5.74) is 1.54. The number of urea groups is 1. The summed E-state index contributed by atoms with van der Waals surface area (Å²) >= 11 is 0. The SMILES string of the molecule is CC(O)CN(C(=O)NCC1(Cc2ccccc2)CCC1)C(C)C. The highest BCUT2D eigenvalue weighted by Gasteiger charge is 2.37. The van der Waals surface area contributed by atoms with Gasteiger partial charge in [-0.1, -0.05) is 36.8 Å². The minimum atomic E-state index is -0.509. The smallest absolute Gasteiger partial charge is 0.317 e. The number of hydrogen-bond donors (Lipinski definition) is 2. The lowest BCUT2D eigenvalue weighted by atomic mass is 9.65. The van der Waals surface area contributed by atoms with Crippen LogP contribution in [0.25, 0.3) is 0 Å². The van der Waals surface area contributed by atoms with Gasteiger partial charge in [0.2, 0.25) is 0 Å². The highest BCUT2D eigenvalue weighted by Crippen LogP contribution is 2.43. The maximum absolute atomic E-state index is 12.5. The summed E-state index contributed by atoms with van der Waals surface area (Å²) in [7, 11) is 0. The second-order valence-electron chi connectivity index (χ2n) is 7.27. The van der Waals surface area contributed by atoms with E-state index in [2.05, 4.69) is 29.6 Å². The average Bonchev–Trinajstić information content (AvgIpc) is 2.47. The van der Waals surface area contributed by atoms with Crippen molar-refractivity contribution in [3.63, 3.8) is 0 Å². The van der Waals surface area contributed by atoms with E-state index in [4.69, 9.17) is 0 Å². The van der Waals surface area contributed by atoms with Crippen LogP contribution < -0.4 is 5.32 Å². The quantitative estimate of drug-likeness (QED) is 0.811. The van der Waals surface area contributed by atoms with E-state index in [1.807, 2.05) is 19.9 Å². The van der Waals surface area contributed by atoms with Crippen LogP contribution in [0.15, 0.2) is 30.3 Å². The molecule has 0 bridgehead atoms. The number of aliphatic hydroxyl groups excluding tert-OH is 1. The highest BCUT2D eigenvalue weighted by atomic mass is 16.3. The van der Waals surface area contributed by atoms with E-state index in [9.17, 15) is 9.90 Å². The second kappa shape index (κ2) is 7.82. The van der Waals surface area contributed by atoms with E-state index in [0.717, 1.165) is 6.42 Å². The molecule has 23 heavy (non-hydrogen) atoms. The van der Waals surface area contributed by atoms with Gasteiger partial charge in [0.05, 0.1) is 6.10 Å². The zero-order chi connectivity index (χ0) is 16.9. The molecule has 1 fully saturated rings. The van der Waals surface area contributed by atoms with Crippen molar-refractivity contribution in [1.29, 1.82) is 0 Å². The number of nitrogens with zero attached hydrogens (tertiary/aromatic N) is 1. The number of aliphatic hydroxyl groups is 1. The molecule has 1 aliphatic rings. The zero-order valence-corrected chi connectivity index (χ0v) is 14.6. The van der Waals surface area contributed by atoms with Gasteiger partial charge in [-0.15, -0.1) is 0 Å². The number of amides is 2. The van der Waals surface area contributed by atoms with Gasteiger partial charge in [0, 0.05) is 19.1 Å². The first-order chi connectivity index (χ1) is 10.9. The van der Waals surface area contributed by atoms with Crippen LogP contribution in [0, 0.1) is 5.41 Å². The Morgan fingerprint density at radius 2 is 1.91 bits per heavy atom. The molecule has 0 heterocycles. The molecule has 2 N–H and O–H groups in total. The summed E-state index contributed by atoms with van der Waals surface area (Å²) in [5.74, 6) is 0. The fraction of sp³-hybridized carbons (Fsp3) is 0.632. The van der Waals surface area contributed by atoms with Crippen LogP contribution in [0.4, 0.5) is 4.79 Å². The summed E-state index contributed by atoms with van der Waals surface area (Å²) in [6.07, 6.45) is 4.09. The maximum atomic E-state index is 12.5. The minimum Gasteiger partial charge on any atom is -0.392 e. The number of nitrogens with one attached hydrogen (secondary N) is 1. The largest absolute Gasteiger partial charge is 0.392 e. The van der Waals surface area contributed by atoms with E-state index in [1.54, 1.807) is 11.8 Å². The van der Waals surface area contributed by atoms with Crippen LogP contribution in [0.3, 0.4) is 0 Å². The number of carbonyl (C=O) groups excluding carboxylic acids is 1. The Bertz CT molecular complexity index is 495. The average molecular weight is 318 g/mol. The molecule has 0 radical (unpaired) electrons. The number of benzene rings is 1. The third-order valence-corrected chi connectivity index (χ3v) is 4.80. The van der Waals surface area contributed by atoms with Crippen molar-refractivity contribution in [2.75, 3.05) is 13.1 Å². The van der Waals surface area contributed by atoms with Crippen LogP contribution >= 0.6 is 0 Å². The zero-order valence-electron chi connectivity index (χ0n) is 14.6. The predicted molar refractivity (Wildman–Crippen MR) is 93.4 cm³/mol. The molecular weight excluding hydrogens is 288 g/mol. The molecule has 0 aliphatic heterocycles. The van der Waals surface area contributed by atoms with Gasteiger partial charge in [0.15, 0.2) is 0 Å². The first kappa shape index (κ1) is 17.8. The second-order valence-corrected chi connectivity index (χ2v) is 7.27. The summed E-state index contributed by atoms with van der Waals surface area (Å²) < 4.78 is 0. The molecule has 0 aromatic heterocycles. The molecule has 1 aromatic carbocycles. The molecule has 0 saturated heterocycles. The van der Waals surface area contributed by atoms with Crippen LogP contribution in [0.2, 0.25) is 0 Å². The Hall–Kier alpha value is -1.55. The van der Waals surface area contributed by atoms with Crippen molar-refractivity contribution in [1.82, 2.24) is 10.2 Å². The van der Waals surface area contributed by atoms with E-state index in [1.165, 1.54) is 24.8 Å². The standard InChI is InChI=1S/C19H30N2O2/c1-15(2)21(13-16(3)22)18(23)20-14-19(10-7-11-19)12-17-8-5-4-6-9-17/h4-6,8-9,15-16,22H,7,10-14H2,1-3H3,(H,20,23). The van der Waals surface area contributed by atoms with Crippen LogP contribution in [0.1, 0.15) is 45.6 Å². The third kappa shape index (κ3) is 4.96. The summed E-state index contributed by atoms with van der Waals surface area (Å²) in [5, 5.41) is 12.7. The maximum Gasteiger partial charge on any atom is 0.317 e. The van der Waals surface area contributed by atoms with Crippen molar-refractivity contribution in [3.8, 4) is 0 Å². The molecule has 128 valence electrons. The van der Waals surface area contributed by atoms with Gasteiger partial charge < -0.3 is 15.3 Å².